The summed E-state index contributed by atoms with van der Waals surface area (Å²) in [6, 6.07) is 9.61. The summed E-state index contributed by atoms with van der Waals surface area (Å²) in [7, 11) is 1.79. The van der Waals surface area contributed by atoms with Gasteiger partial charge in [-0.1, -0.05) is 28.1 Å². The number of carbonyl (C=O) groups is 1. The second-order valence-electron chi connectivity index (χ2n) is 4.02. The first-order chi connectivity index (χ1) is 8.06. The molecule has 88 valence electrons. The number of ketones is 1. The minimum atomic E-state index is 0.0891. The van der Waals surface area contributed by atoms with Crippen LogP contribution in [0.15, 0.2) is 34.8 Å². The Bertz CT molecular complexity index is 560. The van der Waals surface area contributed by atoms with Gasteiger partial charge in [0.25, 0.3) is 0 Å². The fraction of sp³-hybridized carbons (Fsp3) is 0.231. The van der Waals surface area contributed by atoms with E-state index in [9.17, 15) is 4.79 Å². The molecule has 1 heterocycles. The van der Waals surface area contributed by atoms with Crippen molar-refractivity contribution in [2.45, 2.75) is 13.3 Å². The lowest BCUT2D eigenvalue weighted by molar-refractivity contribution is 0.0984. The summed E-state index contributed by atoms with van der Waals surface area (Å²) in [6.45, 7) is 1.88. The molecule has 0 atom stereocenters. The highest BCUT2D eigenvalue weighted by Gasteiger charge is 2.12. The van der Waals surface area contributed by atoms with Crippen LogP contribution in [0.1, 0.15) is 21.7 Å². The number of benzene rings is 1. The van der Waals surface area contributed by atoms with E-state index < -0.39 is 0 Å². The van der Waals surface area contributed by atoms with Crippen LogP contribution in [0.25, 0.3) is 0 Å². The molecule has 0 aliphatic carbocycles. The highest BCUT2D eigenvalue weighted by Crippen LogP contribution is 2.14. The molecule has 4 heteroatoms. The van der Waals surface area contributed by atoms with Crippen molar-refractivity contribution in [2.75, 3.05) is 0 Å². The SMILES string of the molecule is Cc1cc(C(=O)Cc2cccc(Br)c2)n(C)n1. The van der Waals surface area contributed by atoms with Crippen LogP contribution in [0.3, 0.4) is 0 Å². The van der Waals surface area contributed by atoms with E-state index in [1.54, 1.807) is 11.7 Å². The van der Waals surface area contributed by atoms with Gasteiger partial charge in [0.2, 0.25) is 0 Å². The zero-order chi connectivity index (χ0) is 12.4. The summed E-state index contributed by atoms with van der Waals surface area (Å²) in [4.78, 5) is 12.1. The van der Waals surface area contributed by atoms with Crippen molar-refractivity contribution in [3.05, 3.63) is 51.8 Å². The van der Waals surface area contributed by atoms with Gasteiger partial charge in [-0.05, 0) is 30.7 Å². The normalized spacial score (nSPS) is 10.5. The lowest BCUT2D eigenvalue weighted by Crippen LogP contribution is -2.09. The first kappa shape index (κ1) is 12.0. The number of carbonyl (C=O) groups excluding carboxylic acids is 1. The van der Waals surface area contributed by atoms with E-state index >= 15 is 0 Å². The Morgan fingerprint density at radius 1 is 1.41 bits per heavy atom. The van der Waals surface area contributed by atoms with Crippen molar-refractivity contribution in [3.8, 4) is 0 Å². The molecule has 0 fully saturated rings. The molecular formula is C13H13BrN2O. The van der Waals surface area contributed by atoms with E-state index in [0.29, 0.717) is 12.1 Å². The maximum Gasteiger partial charge on any atom is 0.185 e. The highest BCUT2D eigenvalue weighted by atomic mass is 79.9. The topological polar surface area (TPSA) is 34.9 Å². The molecule has 2 rings (SSSR count). The minimum Gasteiger partial charge on any atom is -0.292 e. The second kappa shape index (κ2) is 4.84. The first-order valence-corrected chi connectivity index (χ1v) is 6.14. The predicted octanol–water partition coefficient (Wildman–Crippen LogP) is 2.92. The van der Waals surface area contributed by atoms with Crippen molar-refractivity contribution >= 4 is 21.7 Å². The van der Waals surface area contributed by atoms with Gasteiger partial charge < -0.3 is 0 Å². The summed E-state index contributed by atoms with van der Waals surface area (Å²) in [5, 5.41) is 4.18. The van der Waals surface area contributed by atoms with Crippen molar-refractivity contribution in [1.82, 2.24) is 9.78 Å². The number of hydrogen-bond donors (Lipinski definition) is 0. The lowest BCUT2D eigenvalue weighted by atomic mass is 10.1. The van der Waals surface area contributed by atoms with Gasteiger partial charge in [-0.15, -0.1) is 0 Å². The fourth-order valence-corrected chi connectivity index (χ4v) is 2.24. The van der Waals surface area contributed by atoms with Crippen LogP contribution < -0.4 is 0 Å². The summed E-state index contributed by atoms with van der Waals surface area (Å²) in [5.41, 5.74) is 2.52. The first-order valence-electron chi connectivity index (χ1n) is 5.34. The Labute approximate surface area is 109 Å². The number of aromatic nitrogens is 2. The lowest BCUT2D eigenvalue weighted by Gasteiger charge is -2.02. The van der Waals surface area contributed by atoms with Gasteiger partial charge in [0.15, 0.2) is 5.78 Å². The maximum atomic E-state index is 12.1. The fourth-order valence-electron chi connectivity index (χ4n) is 1.79. The number of halogens is 1. The van der Waals surface area contributed by atoms with Crippen molar-refractivity contribution in [1.29, 1.82) is 0 Å². The molecule has 3 nitrogen and oxygen atoms in total. The number of aryl methyl sites for hydroxylation is 2. The van der Waals surface area contributed by atoms with E-state index in [1.807, 2.05) is 37.3 Å². The van der Waals surface area contributed by atoms with Crippen LogP contribution in [0.4, 0.5) is 0 Å². The third kappa shape index (κ3) is 2.82. The third-order valence-electron chi connectivity index (χ3n) is 2.54. The Balaban J connectivity index is 2.20. The third-order valence-corrected chi connectivity index (χ3v) is 3.03. The van der Waals surface area contributed by atoms with Gasteiger partial charge in [-0.2, -0.15) is 5.10 Å². The molecule has 0 saturated heterocycles. The summed E-state index contributed by atoms with van der Waals surface area (Å²) in [5.74, 6) is 0.0891. The molecule has 0 unspecified atom stereocenters. The van der Waals surface area contributed by atoms with Crippen LogP contribution in [-0.4, -0.2) is 15.6 Å². The molecular weight excluding hydrogens is 280 g/mol. The van der Waals surface area contributed by atoms with Gasteiger partial charge in [0.1, 0.15) is 5.69 Å². The van der Waals surface area contributed by atoms with Crippen molar-refractivity contribution < 1.29 is 4.79 Å². The van der Waals surface area contributed by atoms with Gasteiger partial charge in [0, 0.05) is 17.9 Å². The van der Waals surface area contributed by atoms with Crippen LogP contribution in [0.5, 0.6) is 0 Å². The number of Topliss-reactive ketones (excluding diaryl/α,β-unsaturated/α-hetero) is 1. The maximum absolute atomic E-state index is 12.1. The number of nitrogens with zero attached hydrogens (tertiary/aromatic N) is 2. The summed E-state index contributed by atoms with van der Waals surface area (Å²) >= 11 is 3.40. The van der Waals surface area contributed by atoms with Gasteiger partial charge in [-0.25, -0.2) is 0 Å². The monoisotopic (exact) mass is 292 g/mol. The number of rotatable bonds is 3. The van der Waals surface area contributed by atoms with Gasteiger partial charge in [-0.3, -0.25) is 9.48 Å². The van der Waals surface area contributed by atoms with E-state index in [1.165, 1.54) is 0 Å². The molecule has 17 heavy (non-hydrogen) atoms. The molecule has 0 aliphatic rings. The average molecular weight is 293 g/mol. The standard InChI is InChI=1S/C13H13BrN2O/c1-9-6-12(16(2)15-9)13(17)8-10-4-3-5-11(14)7-10/h3-7H,8H2,1-2H3. The summed E-state index contributed by atoms with van der Waals surface area (Å²) in [6.07, 6.45) is 0.401. The molecule has 0 spiro atoms. The zero-order valence-electron chi connectivity index (χ0n) is 9.77. The molecule has 0 N–H and O–H groups in total. The van der Waals surface area contributed by atoms with Crippen molar-refractivity contribution in [2.24, 2.45) is 7.05 Å². The Hall–Kier alpha value is -1.42. The van der Waals surface area contributed by atoms with Gasteiger partial charge in [0.05, 0.1) is 5.69 Å². The molecule has 0 aliphatic heterocycles. The van der Waals surface area contributed by atoms with E-state index in [4.69, 9.17) is 0 Å². The Kier molecular flexibility index (Phi) is 3.43. The highest BCUT2D eigenvalue weighted by molar-refractivity contribution is 9.10. The average Bonchev–Trinajstić information content (AvgIpc) is 2.58. The molecule has 0 radical (unpaired) electrons. The van der Waals surface area contributed by atoms with Crippen molar-refractivity contribution in [3.63, 3.8) is 0 Å². The molecule has 0 bridgehead atoms. The zero-order valence-corrected chi connectivity index (χ0v) is 11.4. The molecule has 1 aromatic heterocycles. The largest absolute Gasteiger partial charge is 0.292 e. The van der Waals surface area contributed by atoms with Crippen LogP contribution >= 0.6 is 15.9 Å². The van der Waals surface area contributed by atoms with Gasteiger partial charge >= 0.3 is 0 Å². The molecule has 0 saturated carbocycles. The molecule has 0 amide bonds. The van der Waals surface area contributed by atoms with Crippen LogP contribution in [0.2, 0.25) is 0 Å². The van der Waals surface area contributed by atoms with E-state index in [2.05, 4.69) is 21.0 Å². The molecule has 2 aromatic rings. The van der Waals surface area contributed by atoms with Crippen LogP contribution in [-0.2, 0) is 13.5 Å². The molecule has 1 aromatic carbocycles. The Morgan fingerprint density at radius 2 is 2.18 bits per heavy atom. The predicted molar refractivity (Wildman–Crippen MR) is 70.1 cm³/mol. The van der Waals surface area contributed by atoms with E-state index in [-0.39, 0.29) is 5.78 Å². The smallest absolute Gasteiger partial charge is 0.185 e. The summed E-state index contributed by atoms with van der Waals surface area (Å²) < 4.78 is 2.62. The quantitative estimate of drug-likeness (QED) is 0.816. The van der Waals surface area contributed by atoms with E-state index in [0.717, 1.165) is 15.7 Å². The van der Waals surface area contributed by atoms with Crippen LogP contribution in [0, 0.1) is 6.92 Å². The Morgan fingerprint density at radius 3 is 2.76 bits per heavy atom. The number of hydrogen-bond acceptors (Lipinski definition) is 2. The second-order valence-corrected chi connectivity index (χ2v) is 4.94. The minimum absolute atomic E-state index is 0.0891.